The molecule has 5 rings (SSSR count). The highest BCUT2D eigenvalue weighted by Gasteiger charge is 2.40. The number of hydrogen-bond donors (Lipinski definition) is 1. The fourth-order valence-corrected chi connectivity index (χ4v) is 4.94. The monoisotopic (exact) mass is 400 g/mol. The van der Waals surface area contributed by atoms with E-state index in [0.29, 0.717) is 6.61 Å². The van der Waals surface area contributed by atoms with E-state index in [-0.39, 0.29) is 18.0 Å². The van der Waals surface area contributed by atoms with Crippen molar-refractivity contribution in [2.75, 3.05) is 13.2 Å². The van der Waals surface area contributed by atoms with Crippen LogP contribution in [0.2, 0.25) is 0 Å². The molecule has 154 valence electrons. The molecule has 0 saturated heterocycles. The highest BCUT2D eigenvalue weighted by molar-refractivity contribution is 5.75. The second-order valence-electron chi connectivity index (χ2n) is 8.35. The van der Waals surface area contributed by atoms with Gasteiger partial charge in [0.15, 0.2) is 0 Å². The number of hydrogen-bond acceptors (Lipinski definition) is 3. The van der Waals surface area contributed by atoms with E-state index < -0.39 is 0 Å². The molecule has 0 bridgehead atoms. The van der Waals surface area contributed by atoms with E-state index in [4.69, 9.17) is 4.74 Å². The zero-order chi connectivity index (χ0) is 20.5. The third-order valence-electron chi connectivity index (χ3n) is 6.42. The summed E-state index contributed by atoms with van der Waals surface area (Å²) in [6.45, 7) is 3.04. The minimum atomic E-state index is -0.0409. The summed E-state index contributed by atoms with van der Waals surface area (Å²) < 4.78 is 6.13. The topological polar surface area (TPSA) is 41.6 Å². The molecule has 2 aliphatic heterocycles. The van der Waals surface area contributed by atoms with Crippen LogP contribution < -0.4 is 5.32 Å². The lowest BCUT2D eigenvalue weighted by atomic mass is 9.88. The van der Waals surface area contributed by atoms with Gasteiger partial charge in [0.25, 0.3) is 0 Å². The van der Waals surface area contributed by atoms with Gasteiger partial charge in [-0.25, -0.2) is 0 Å². The Morgan fingerprint density at radius 1 is 1.20 bits per heavy atom. The minimum Gasteiger partial charge on any atom is -0.489 e. The Bertz CT molecular complexity index is 997. The van der Waals surface area contributed by atoms with Gasteiger partial charge in [0.05, 0.1) is 12.1 Å². The maximum atomic E-state index is 12.4. The van der Waals surface area contributed by atoms with Crippen molar-refractivity contribution in [1.82, 2.24) is 10.2 Å². The molecule has 1 amide bonds. The van der Waals surface area contributed by atoms with Gasteiger partial charge >= 0.3 is 0 Å². The molecule has 0 spiro atoms. The summed E-state index contributed by atoms with van der Waals surface area (Å²) in [4.78, 5) is 14.4. The van der Waals surface area contributed by atoms with Gasteiger partial charge < -0.3 is 15.0 Å². The number of fused-ring (bicyclic) bond motifs is 2. The molecular weight excluding hydrogens is 372 g/mol. The lowest BCUT2D eigenvalue weighted by molar-refractivity contribution is -0.131. The highest BCUT2D eigenvalue weighted by atomic mass is 16.5. The van der Waals surface area contributed by atoms with Crippen LogP contribution in [0.1, 0.15) is 44.2 Å². The first kappa shape index (κ1) is 19.0. The molecule has 0 fully saturated rings. The number of nitrogens with one attached hydrogen (secondary N) is 1. The van der Waals surface area contributed by atoms with Gasteiger partial charge in [-0.1, -0.05) is 48.6 Å². The van der Waals surface area contributed by atoms with Crippen LogP contribution in [0.4, 0.5) is 0 Å². The molecule has 1 N–H and O–H groups in total. The van der Waals surface area contributed by atoms with Crippen LogP contribution in [0, 0.1) is 0 Å². The van der Waals surface area contributed by atoms with E-state index in [1.54, 1.807) is 6.92 Å². The molecule has 30 heavy (non-hydrogen) atoms. The standard InChI is InChI=1S/C26H28N2O2/c1-18(29)28-15-14-22-23-16-21(30-17-19-8-4-2-5-9-19)12-13-24(23)27-25(22)26(28)20-10-6-3-7-11-20/h3-4,6-12,16,24,26-27H,2,5,13-15,17H2,1H3. The molecule has 2 heterocycles. The SMILES string of the molecule is CC(=O)N1CCC2=C(NC3CC=C(OCC4=CCCC=C4)C=C23)C1c1ccccc1. The van der Waals surface area contributed by atoms with Crippen LogP contribution in [0.5, 0.6) is 0 Å². The van der Waals surface area contributed by atoms with E-state index in [2.05, 4.69) is 47.8 Å². The highest BCUT2D eigenvalue weighted by Crippen LogP contribution is 2.44. The van der Waals surface area contributed by atoms with Gasteiger partial charge in [-0.05, 0) is 60.1 Å². The van der Waals surface area contributed by atoms with E-state index in [1.807, 2.05) is 23.1 Å². The largest absolute Gasteiger partial charge is 0.489 e. The second kappa shape index (κ2) is 8.02. The number of carbonyl (C=O) groups is 1. The molecule has 0 saturated carbocycles. The van der Waals surface area contributed by atoms with Gasteiger partial charge in [-0.2, -0.15) is 0 Å². The van der Waals surface area contributed by atoms with Gasteiger partial charge in [0.1, 0.15) is 12.4 Å². The molecule has 4 nitrogen and oxygen atoms in total. The Hall–Kier alpha value is -3.01. The molecule has 2 aliphatic carbocycles. The molecule has 4 aliphatic rings. The Labute approximate surface area is 178 Å². The fourth-order valence-electron chi connectivity index (χ4n) is 4.94. The number of nitrogens with zero attached hydrogens (tertiary/aromatic N) is 1. The van der Waals surface area contributed by atoms with E-state index in [9.17, 15) is 4.79 Å². The summed E-state index contributed by atoms with van der Waals surface area (Å²) >= 11 is 0. The molecule has 2 atom stereocenters. The first-order valence-corrected chi connectivity index (χ1v) is 10.9. The number of ether oxygens (including phenoxy) is 1. The van der Waals surface area contributed by atoms with Crippen molar-refractivity contribution in [3.63, 3.8) is 0 Å². The smallest absolute Gasteiger partial charge is 0.220 e. The Kier molecular flexibility index (Phi) is 5.07. The lowest BCUT2D eigenvalue weighted by Gasteiger charge is -2.36. The predicted octanol–water partition coefficient (Wildman–Crippen LogP) is 4.71. The van der Waals surface area contributed by atoms with E-state index in [0.717, 1.165) is 43.6 Å². The number of rotatable bonds is 4. The quantitative estimate of drug-likeness (QED) is 0.796. The number of allylic oxidation sites excluding steroid dienone is 3. The fraction of sp³-hybridized carbons (Fsp3) is 0.346. The zero-order valence-corrected chi connectivity index (χ0v) is 17.4. The minimum absolute atomic E-state index is 0.0409. The maximum absolute atomic E-state index is 12.4. The molecular formula is C26H28N2O2. The first-order chi connectivity index (χ1) is 14.7. The Morgan fingerprint density at radius 3 is 2.83 bits per heavy atom. The second-order valence-corrected chi connectivity index (χ2v) is 8.35. The average molecular weight is 401 g/mol. The zero-order valence-electron chi connectivity index (χ0n) is 17.4. The summed E-state index contributed by atoms with van der Waals surface area (Å²) in [6.07, 6.45) is 15.1. The van der Waals surface area contributed by atoms with Crippen LogP contribution in [0.25, 0.3) is 0 Å². The van der Waals surface area contributed by atoms with Gasteiger partial charge in [0.2, 0.25) is 5.91 Å². The van der Waals surface area contributed by atoms with Crippen LogP contribution in [-0.4, -0.2) is 30.0 Å². The molecule has 0 radical (unpaired) electrons. The number of benzene rings is 1. The normalized spacial score (nSPS) is 25.0. The summed E-state index contributed by atoms with van der Waals surface area (Å²) in [5.41, 5.74) is 6.29. The van der Waals surface area contributed by atoms with Crippen molar-refractivity contribution in [1.29, 1.82) is 0 Å². The van der Waals surface area contributed by atoms with Crippen LogP contribution in [0.15, 0.2) is 88.9 Å². The molecule has 1 aromatic carbocycles. The molecule has 1 aromatic rings. The average Bonchev–Trinajstić information content (AvgIpc) is 3.16. The van der Waals surface area contributed by atoms with Gasteiger partial charge in [-0.15, -0.1) is 0 Å². The molecule has 4 heteroatoms. The van der Waals surface area contributed by atoms with Crippen LogP contribution in [-0.2, 0) is 9.53 Å². The predicted molar refractivity (Wildman–Crippen MR) is 118 cm³/mol. The van der Waals surface area contributed by atoms with Gasteiger partial charge in [-0.3, -0.25) is 4.79 Å². The molecule has 2 unspecified atom stereocenters. The molecule has 0 aromatic heterocycles. The van der Waals surface area contributed by atoms with Crippen molar-refractivity contribution >= 4 is 5.91 Å². The van der Waals surface area contributed by atoms with E-state index >= 15 is 0 Å². The van der Waals surface area contributed by atoms with Crippen molar-refractivity contribution < 1.29 is 9.53 Å². The van der Waals surface area contributed by atoms with Crippen LogP contribution in [0.3, 0.4) is 0 Å². The Morgan fingerprint density at radius 2 is 2.07 bits per heavy atom. The third kappa shape index (κ3) is 3.51. The van der Waals surface area contributed by atoms with Crippen molar-refractivity contribution in [2.45, 2.75) is 44.7 Å². The summed E-state index contributed by atoms with van der Waals surface area (Å²) in [6, 6.07) is 10.6. The maximum Gasteiger partial charge on any atom is 0.220 e. The van der Waals surface area contributed by atoms with E-state index in [1.165, 1.54) is 22.4 Å². The summed E-state index contributed by atoms with van der Waals surface area (Å²) in [7, 11) is 0. The number of carbonyl (C=O) groups excluding carboxylic acids is 1. The lowest BCUT2D eigenvalue weighted by Crippen LogP contribution is -2.40. The Balaban J connectivity index is 1.42. The number of amides is 1. The summed E-state index contributed by atoms with van der Waals surface area (Å²) in [5.74, 6) is 1.08. The van der Waals surface area contributed by atoms with Crippen molar-refractivity contribution in [3.05, 3.63) is 94.5 Å². The van der Waals surface area contributed by atoms with Crippen molar-refractivity contribution in [2.24, 2.45) is 0 Å². The van der Waals surface area contributed by atoms with Gasteiger partial charge in [0, 0.05) is 19.2 Å². The third-order valence-corrected chi connectivity index (χ3v) is 6.42. The van der Waals surface area contributed by atoms with Crippen molar-refractivity contribution in [3.8, 4) is 0 Å². The summed E-state index contributed by atoms with van der Waals surface area (Å²) in [5, 5.41) is 3.75. The van der Waals surface area contributed by atoms with Crippen LogP contribution >= 0.6 is 0 Å². The first-order valence-electron chi connectivity index (χ1n) is 10.9.